The minimum Gasteiger partial charge on any atom is -0.364 e. The third-order valence-corrected chi connectivity index (χ3v) is 6.41. The van der Waals surface area contributed by atoms with Crippen LogP contribution >= 0.6 is 11.3 Å². The molecular weight excluding hydrogens is 484 g/mol. The van der Waals surface area contributed by atoms with Gasteiger partial charge in [0.15, 0.2) is 0 Å². The minimum absolute atomic E-state index is 0.0791. The molecule has 0 spiro atoms. The number of anilines is 2. The molecular formula is C21H19F6N5OS. The summed E-state index contributed by atoms with van der Waals surface area (Å²) in [5.74, 6) is -3.70. The van der Waals surface area contributed by atoms with Crippen LogP contribution in [-0.4, -0.2) is 46.6 Å². The molecule has 6 nitrogen and oxygen atoms in total. The van der Waals surface area contributed by atoms with Gasteiger partial charge in [0.05, 0.1) is 19.6 Å². The van der Waals surface area contributed by atoms with E-state index >= 15 is 0 Å². The second-order valence-electron chi connectivity index (χ2n) is 7.88. The first kappa shape index (κ1) is 24.0. The van der Waals surface area contributed by atoms with Crippen LogP contribution in [-0.2, 0) is 12.7 Å². The van der Waals surface area contributed by atoms with E-state index in [9.17, 15) is 31.1 Å². The first-order valence-electron chi connectivity index (χ1n) is 10.2. The van der Waals surface area contributed by atoms with Gasteiger partial charge in [0.2, 0.25) is 5.95 Å². The Labute approximate surface area is 194 Å². The average molecular weight is 503 g/mol. The van der Waals surface area contributed by atoms with Crippen LogP contribution in [0.3, 0.4) is 0 Å². The summed E-state index contributed by atoms with van der Waals surface area (Å²) in [5.41, 5.74) is -0.364. The van der Waals surface area contributed by atoms with Gasteiger partial charge in [-0.2, -0.15) is 23.1 Å². The van der Waals surface area contributed by atoms with Crippen molar-refractivity contribution in [2.45, 2.75) is 25.6 Å². The Morgan fingerprint density at radius 1 is 1.00 bits per heavy atom. The summed E-state index contributed by atoms with van der Waals surface area (Å²) >= 11 is 0.507. The standard InChI is InChI=1S/C21H19F6N5OS/c1-13-28-18(29-19(33)32(13)10-16-6-7-17(34-16)21(25,26)27)31-9-8-30(11-20(23,24)12-31)15-4-2-14(22)3-5-15/h2-7H,8-12H2,1H3. The van der Waals surface area contributed by atoms with Crippen molar-refractivity contribution in [2.75, 3.05) is 36.0 Å². The second kappa shape index (κ2) is 8.93. The van der Waals surface area contributed by atoms with Crippen molar-refractivity contribution in [2.24, 2.45) is 0 Å². The second-order valence-corrected chi connectivity index (χ2v) is 9.05. The van der Waals surface area contributed by atoms with E-state index in [4.69, 9.17) is 0 Å². The number of alkyl halides is 5. The van der Waals surface area contributed by atoms with Gasteiger partial charge in [0.25, 0.3) is 5.92 Å². The topological polar surface area (TPSA) is 54.3 Å². The van der Waals surface area contributed by atoms with Gasteiger partial charge in [-0.1, -0.05) is 0 Å². The number of rotatable bonds is 4. The highest BCUT2D eigenvalue weighted by atomic mass is 32.1. The summed E-state index contributed by atoms with van der Waals surface area (Å²) in [6.07, 6.45) is -4.48. The zero-order valence-electron chi connectivity index (χ0n) is 17.8. The molecule has 3 heterocycles. The van der Waals surface area contributed by atoms with Gasteiger partial charge in [-0.05, 0) is 43.3 Å². The fourth-order valence-corrected chi connectivity index (χ4v) is 4.52. The highest BCUT2D eigenvalue weighted by molar-refractivity contribution is 7.12. The molecule has 13 heteroatoms. The van der Waals surface area contributed by atoms with Crippen molar-refractivity contribution in [3.63, 3.8) is 0 Å². The molecule has 1 saturated heterocycles. The van der Waals surface area contributed by atoms with Gasteiger partial charge in [-0.15, -0.1) is 11.3 Å². The predicted molar refractivity (Wildman–Crippen MR) is 115 cm³/mol. The van der Waals surface area contributed by atoms with Crippen LogP contribution in [0, 0.1) is 12.7 Å². The maximum Gasteiger partial charge on any atom is 0.425 e. The predicted octanol–water partition coefficient (Wildman–Crippen LogP) is 4.18. The highest BCUT2D eigenvalue weighted by Crippen LogP contribution is 2.35. The van der Waals surface area contributed by atoms with Crippen LogP contribution < -0.4 is 15.5 Å². The maximum absolute atomic E-state index is 14.7. The van der Waals surface area contributed by atoms with E-state index < -0.39 is 41.6 Å². The van der Waals surface area contributed by atoms with Crippen LogP contribution in [0.2, 0.25) is 0 Å². The maximum atomic E-state index is 14.7. The number of hydrogen-bond donors (Lipinski definition) is 0. The summed E-state index contributed by atoms with van der Waals surface area (Å²) in [5, 5.41) is 0. The Bertz CT molecular complexity index is 1220. The van der Waals surface area contributed by atoms with Crippen LogP contribution in [0.25, 0.3) is 0 Å². The Kier molecular flexibility index (Phi) is 6.32. The van der Waals surface area contributed by atoms with Crippen LogP contribution in [0.5, 0.6) is 0 Å². The van der Waals surface area contributed by atoms with Gasteiger partial charge in [-0.25, -0.2) is 18.0 Å². The van der Waals surface area contributed by atoms with Crippen molar-refractivity contribution in [1.29, 1.82) is 0 Å². The van der Waals surface area contributed by atoms with Crippen LogP contribution in [0.15, 0.2) is 41.2 Å². The van der Waals surface area contributed by atoms with Gasteiger partial charge >= 0.3 is 11.9 Å². The normalized spacial score (nSPS) is 16.6. The number of hydrogen-bond acceptors (Lipinski definition) is 6. The van der Waals surface area contributed by atoms with E-state index in [1.165, 1.54) is 47.1 Å². The molecule has 1 aliphatic rings. The Morgan fingerprint density at radius 3 is 2.26 bits per heavy atom. The molecule has 0 aliphatic carbocycles. The van der Waals surface area contributed by atoms with Crippen molar-refractivity contribution < 1.29 is 26.3 Å². The SMILES string of the molecule is Cc1nc(N2CCN(c3ccc(F)cc3)CC(F)(F)C2)nc(=O)n1Cc1ccc(C(F)(F)F)s1. The summed E-state index contributed by atoms with van der Waals surface area (Å²) < 4.78 is 82.2. The molecule has 2 aromatic heterocycles. The summed E-state index contributed by atoms with van der Waals surface area (Å²) in [6, 6.07) is 7.41. The van der Waals surface area contributed by atoms with Crippen molar-refractivity contribution in [3.05, 3.63) is 68.3 Å². The number of benzene rings is 1. The number of halogens is 6. The molecule has 34 heavy (non-hydrogen) atoms. The average Bonchev–Trinajstić information content (AvgIpc) is 3.16. The van der Waals surface area contributed by atoms with Crippen molar-refractivity contribution in [3.8, 4) is 0 Å². The molecule has 182 valence electrons. The van der Waals surface area contributed by atoms with E-state index in [-0.39, 0.29) is 36.3 Å². The van der Waals surface area contributed by atoms with E-state index in [0.29, 0.717) is 17.0 Å². The molecule has 1 aromatic carbocycles. The molecule has 0 saturated carbocycles. The molecule has 0 amide bonds. The van der Waals surface area contributed by atoms with E-state index in [2.05, 4.69) is 9.97 Å². The summed E-state index contributed by atoms with van der Waals surface area (Å²) in [4.78, 5) is 22.7. The van der Waals surface area contributed by atoms with Gasteiger partial charge in [0, 0.05) is 23.7 Å². The van der Waals surface area contributed by atoms with E-state index in [1.54, 1.807) is 0 Å². The third kappa shape index (κ3) is 5.34. The fraction of sp³-hybridized carbons (Fsp3) is 0.381. The number of thiophene rings is 1. The minimum atomic E-state index is -4.48. The molecule has 1 aliphatic heterocycles. The molecule has 0 atom stereocenters. The number of aromatic nitrogens is 3. The molecule has 4 rings (SSSR count). The zero-order chi connectivity index (χ0) is 24.7. The molecule has 0 bridgehead atoms. The van der Waals surface area contributed by atoms with Gasteiger partial charge < -0.3 is 9.80 Å². The molecule has 0 unspecified atom stereocenters. The lowest BCUT2D eigenvalue weighted by atomic mass is 10.2. The van der Waals surface area contributed by atoms with Crippen molar-refractivity contribution in [1.82, 2.24) is 14.5 Å². The summed E-state index contributed by atoms with van der Waals surface area (Å²) in [6.45, 7) is 0.197. The van der Waals surface area contributed by atoms with E-state index in [0.717, 1.165) is 10.6 Å². The van der Waals surface area contributed by atoms with Crippen molar-refractivity contribution >= 4 is 23.0 Å². The lowest BCUT2D eigenvalue weighted by Crippen LogP contribution is -2.41. The molecule has 0 radical (unpaired) electrons. The quantitative estimate of drug-likeness (QED) is 0.501. The molecule has 3 aromatic rings. The number of aryl methyl sites for hydroxylation is 1. The Hall–Kier alpha value is -3.09. The smallest absolute Gasteiger partial charge is 0.364 e. The lowest BCUT2D eigenvalue weighted by molar-refractivity contribution is -0.134. The number of nitrogens with zero attached hydrogens (tertiary/aromatic N) is 5. The zero-order valence-corrected chi connectivity index (χ0v) is 18.6. The van der Waals surface area contributed by atoms with Gasteiger partial charge in [0.1, 0.15) is 16.5 Å². The first-order chi connectivity index (χ1) is 15.9. The highest BCUT2D eigenvalue weighted by Gasteiger charge is 2.38. The van der Waals surface area contributed by atoms with Crippen LogP contribution in [0.4, 0.5) is 38.0 Å². The Morgan fingerprint density at radius 2 is 1.65 bits per heavy atom. The monoisotopic (exact) mass is 503 g/mol. The fourth-order valence-electron chi connectivity index (χ4n) is 3.66. The lowest BCUT2D eigenvalue weighted by Gasteiger charge is -2.25. The third-order valence-electron chi connectivity index (χ3n) is 5.29. The molecule has 0 N–H and O–H groups in total. The van der Waals surface area contributed by atoms with Crippen LogP contribution in [0.1, 0.15) is 15.6 Å². The van der Waals surface area contributed by atoms with E-state index in [1.807, 2.05) is 0 Å². The first-order valence-corrected chi connectivity index (χ1v) is 11.0. The van der Waals surface area contributed by atoms with Gasteiger partial charge in [-0.3, -0.25) is 4.57 Å². The Balaban J connectivity index is 1.55. The molecule has 1 fully saturated rings. The summed E-state index contributed by atoms with van der Waals surface area (Å²) in [7, 11) is 0. The largest absolute Gasteiger partial charge is 0.425 e.